The molecule has 2 aromatic carbocycles. The molecule has 144 valence electrons. The summed E-state index contributed by atoms with van der Waals surface area (Å²) >= 11 is 0. The van der Waals surface area contributed by atoms with Gasteiger partial charge in [-0.15, -0.1) is 0 Å². The van der Waals surface area contributed by atoms with E-state index < -0.39 is 5.60 Å². The Kier molecular flexibility index (Phi) is 6.19. The normalized spacial score (nSPS) is 16.9. The predicted molar refractivity (Wildman–Crippen MR) is 99.1 cm³/mol. The van der Waals surface area contributed by atoms with Gasteiger partial charge in [0.05, 0.1) is 12.0 Å². The summed E-state index contributed by atoms with van der Waals surface area (Å²) in [6.45, 7) is 2.60. The summed E-state index contributed by atoms with van der Waals surface area (Å²) in [5.41, 5.74) is 0.465. The molecule has 2 N–H and O–H groups in total. The molecule has 1 saturated heterocycles. The van der Waals surface area contributed by atoms with Crippen molar-refractivity contribution >= 4 is 5.91 Å². The van der Waals surface area contributed by atoms with Crippen LogP contribution in [-0.2, 0) is 16.8 Å². The van der Waals surface area contributed by atoms with Gasteiger partial charge in [-0.2, -0.15) is 0 Å². The third kappa shape index (κ3) is 5.34. The van der Waals surface area contributed by atoms with E-state index in [1.807, 2.05) is 0 Å². The largest absolute Gasteiger partial charge is 0.385 e. The number of carbonyl (C=O) groups excluding carboxylic acids is 1. The Bertz CT molecular complexity index is 772. The van der Waals surface area contributed by atoms with Crippen molar-refractivity contribution in [2.75, 3.05) is 26.2 Å². The predicted octanol–water partition coefficient (Wildman–Crippen LogP) is 2.61. The lowest BCUT2D eigenvalue weighted by Gasteiger charge is -2.38. The molecule has 1 heterocycles. The van der Waals surface area contributed by atoms with Crippen LogP contribution in [0.5, 0.6) is 0 Å². The van der Waals surface area contributed by atoms with E-state index in [1.165, 1.54) is 24.3 Å². The van der Waals surface area contributed by atoms with E-state index in [0.717, 1.165) is 5.56 Å². The van der Waals surface area contributed by atoms with Crippen molar-refractivity contribution in [1.29, 1.82) is 0 Å². The standard InChI is InChI=1S/C21H24F2N2O2/c22-18-6-4-17(5-7-18)21(27)8-11-25(12-9-21)13-10-24-20(26)15-16-2-1-3-19(23)14-16/h1-7,14,27H,8-13,15H2,(H,24,26). The minimum absolute atomic E-state index is 0.138. The van der Waals surface area contributed by atoms with E-state index in [0.29, 0.717) is 44.6 Å². The highest BCUT2D eigenvalue weighted by atomic mass is 19.1. The van der Waals surface area contributed by atoms with Crippen LogP contribution in [0.1, 0.15) is 24.0 Å². The molecule has 0 atom stereocenters. The molecule has 0 aliphatic carbocycles. The lowest BCUT2D eigenvalue weighted by atomic mass is 9.84. The van der Waals surface area contributed by atoms with Gasteiger partial charge < -0.3 is 15.3 Å². The van der Waals surface area contributed by atoms with Gasteiger partial charge >= 0.3 is 0 Å². The van der Waals surface area contributed by atoms with E-state index >= 15 is 0 Å². The van der Waals surface area contributed by atoms with E-state index in [4.69, 9.17) is 0 Å². The molecule has 0 bridgehead atoms. The number of rotatable bonds is 6. The second-order valence-electron chi connectivity index (χ2n) is 7.04. The fourth-order valence-electron chi connectivity index (χ4n) is 3.44. The first-order valence-corrected chi connectivity index (χ1v) is 9.16. The van der Waals surface area contributed by atoms with Crippen LogP contribution in [0.3, 0.4) is 0 Å². The van der Waals surface area contributed by atoms with Gasteiger partial charge in [0.15, 0.2) is 0 Å². The molecule has 1 aliphatic heterocycles. The van der Waals surface area contributed by atoms with Crippen molar-refractivity contribution in [3.63, 3.8) is 0 Å². The number of nitrogens with zero attached hydrogens (tertiary/aromatic N) is 1. The molecule has 1 aliphatic rings. The highest BCUT2D eigenvalue weighted by molar-refractivity contribution is 5.78. The third-order valence-corrected chi connectivity index (χ3v) is 5.07. The summed E-state index contributed by atoms with van der Waals surface area (Å²) in [5, 5.41) is 13.7. The number of benzene rings is 2. The number of piperidine rings is 1. The van der Waals surface area contributed by atoms with Gasteiger partial charge in [-0.05, 0) is 48.2 Å². The summed E-state index contributed by atoms with van der Waals surface area (Å²) in [4.78, 5) is 14.1. The van der Waals surface area contributed by atoms with E-state index in [-0.39, 0.29) is 24.0 Å². The lowest BCUT2D eigenvalue weighted by molar-refractivity contribution is -0.120. The molecule has 3 rings (SSSR count). The molecule has 0 aromatic heterocycles. The molecule has 0 spiro atoms. The number of nitrogens with one attached hydrogen (secondary N) is 1. The number of halogens is 2. The monoisotopic (exact) mass is 374 g/mol. The maximum atomic E-state index is 13.1. The lowest BCUT2D eigenvalue weighted by Crippen LogP contribution is -2.45. The zero-order valence-corrected chi connectivity index (χ0v) is 15.1. The third-order valence-electron chi connectivity index (χ3n) is 5.07. The molecular formula is C21H24F2N2O2. The quantitative estimate of drug-likeness (QED) is 0.817. The SMILES string of the molecule is O=C(Cc1cccc(F)c1)NCCN1CCC(O)(c2ccc(F)cc2)CC1. The van der Waals surface area contributed by atoms with Crippen molar-refractivity contribution in [1.82, 2.24) is 10.2 Å². The maximum Gasteiger partial charge on any atom is 0.224 e. The van der Waals surface area contributed by atoms with Gasteiger partial charge in [0.25, 0.3) is 0 Å². The van der Waals surface area contributed by atoms with Gasteiger partial charge in [0.2, 0.25) is 5.91 Å². The Morgan fingerprint density at radius 3 is 2.44 bits per heavy atom. The number of carbonyl (C=O) groups is 1. The first kappa shape index (κ1) is 19.5. The van der Waals surface area contributed by atoms with Crippen molar-refractivity contribution < 1.29 is 18.7 Å². The minimum atomic E-state index is -0.926. The summed E-state index contributed by atoms with van der Waals surface area (Å²) in [6, 6.07) is 12.0. The van der Waals surface area contributed by atoms with Crippen LogP contribution in [0.15, 0.2) is 48.5 Å². The number of aliphatic hydroxyl groups is 1. The second kappa shape index (κ2) is 8.59. The van der Waals surface area contributed by atoms with Crippen LogP contribution < -0.4 is 5.32 Å². The summed E-state index contributed by atoms with van der Waals surface area (Å²) in [7, 11) is 0. The zero-order valence-electron chi connectivity index (χ0n) is 15.1. The van der Waals surface area contributed by atoms with E-state index in [1.54, 1.807) is 24.3 Å². The highest BCUT2D eigenvalue weighted by Crippen LogP contribution is 2.32. The molecule has 27 heavy (non-hydrogen) atoms. The topological polar surface area (TPSA) is 52.6 Å². The van der Waals surface area contributed by atoms with Crippen LogP contribution in [0, 0.1) is 11.6 Å². The number of hydrogen-bond donors (Lipinski definition) is 2. The fourth-order valence-corrected chi connectivity index (χ4v) is 3.44. The van der Waals surface area contributed by atoms with Crippen LogP contribution in [0.2, 0.25) is 0 Å². The van der Waals surface area contributed by atoms with Crippen LogP contribution in [0.4, 0.5) is 8.78 Å². The summed E-state index contributed by atoms with van der Waals surface area (Å²) in [5.74, 6) is -0.795. The number of hydrogen-bond acceptors (Lipinski definition) is 3. The van der Waals surface area contributed by atoms with Crippen molar-refractivity contribution in [2.45, 2.75) is 24.9 Å². The summed E-state index contributed by atoms with van der Waals surface area (Å²) < 4.78 is 26.2. The van der Waals surface area contributed by atoms with Crippen LogP contribution >= 0.6 is 0 Å². The molecule has 0 saturated carbocycles. The van der Waals surface area contributed by atoms with Gasteiger partial charge in [-0.25, -0.2) is 8.78 Å². The average Bonchev–Trinajstić information content (AvgIpc) is 2.64. The van der Waals surface area contributed by atoms with Gasteiger partial charge in [-0.3, -0.25) is 4.79 Å². The van der Waals surface area contributed by atoms with Crippen molar-refractivity contribution in [3.05, 3.63) is 71.3 Å². The van der Waals surface area contributed by atoms with Crippen molar-refractivity contribution in [2.24, 2.45) is 0 Å². The Morgan fingerprint density at radius 1 is 1.07 bits per heavy atom. The van der Waals surface area contributed by atoms with E-state index in [9.17, 15) is 18.7 Å². The van der Waals surface area contributed by atoms with Gasteiger partial charge in [0, 0.05) is 26.2 Å². The first-order valence-electron chi connectivity index (χ1n) is 9.16. The molecule has 0 unspecified atom stereocenters. The van der Waals surface area contributed by atoms with Gasteiger partial charge in [-0.1, -0.05) is 24.3 Å². The molecular weight excluding hydrogens is 350 g/mol. The molecule has 1 amide bonds. The molecule has 2 aromatic rings. The van der Waals surface area contributed by atoms with Crippen molar-refractivity contribution in [3.8, 4) is 0 Å². The fraction of sp³-hybridized carbons (Fsp3) is 0.381. The van der Waals surface area contributed by atoms with Crippen LogP contribution in [-0.4, -0.2) is 42.1 Å². The average molecular weight is 374 g/mol. The second-order valence-corrected chi connectivity index (χ2v) is 7.04. The Labute approximate surface area is 157 Å². The van der Waals surface area contributed by atoms with Crippen LogP contribution in [0.25, 0.3) is 0 Å². The molecule has 4 nitrogen and oxygen atoms in total. The Hall–Kier alpha value is -2.31. The Morgan fingerprint density at radius 2 is 1.78 bits per heavy atom. The zero-order chi connectivity index (χ0) is 19.3. The highest BCUT2D eigenvalue weighted by Gasteiger charge is 2.33. The Balaban J connectivity index is 1.40. The van der Waals surface area contributed by atoms with Gasteiger partial charge in [0.1, 0.15) is 11.6 Å². The smallest absolute Gasteiger partial charge is 0.224 e. The maximum absolute atomic E-state index is 13.1. The molecule has 6 heteroatoms. The minimum Gasteiger partial charge on any atom is -0.385 e. The first-order chi connectivity index (χ1) is 12.9. The number of amides is 1. The molecule has 0 radical (unpaired) electrons. The number of likely N-dealkylation sites (tertiary alicyclic amines) is 1. The van der Waals surface area contributed by atoms with E-state index in [2.05, 4.69) is 10.2 Å². The summed E-state index contributed by atoms with van der Waals surface area (Å²) in [6.07, 6.45) is 1.29. The molecule has 1 fully saturated rings.